The first kappa shape index (κ1) is 18.5. The van der Waals surface area contributed by atoms with Crippen LogP contribution in [0.15, 0.2) is 0 Å². The lowest BCUT2D eigenvalue weighted by atomic mass is 10.3. The predicted octanol–water partition coefficient (Wildman–Crippen LogP) is -0.830. The SMILES string of the molecule is BNCCOCCOCCOCCOCCC(C)=O. The fourth-order valence-electron chi connectivity index (χ4n) is 1.15. The van der Waals surface area contributed by atoms with Gasteiger partial charge >= 0.3 is 0 Å². The Morgan fingerprint density at radius 1 is 0.842 bits per heavy atom. The molecule has 0 fully saturated rings. The molecule has 19 heavy (non-hydrogen) atoms. The molecule has 0 aromatic carbocycles. The first-order valence-electron chi connectivity index (χ1n) is 6.72. The van der Waals surface area contributed by atoms with Gasteiger partial charge in [0.05, 0.1) is 52.9 Å². The number of carbonyl (C=O) groups is 1. The van der Waals surface area contributed by atoms with Crippen molar-refractivity contribution in [3.05, 3.63) is 0 Å². The molecule has 0 bridgehead atoms. The fourth-order valence-corrected chi connectivity index (χ4v) is 1.15. The van der Waals surface area contributed by atoms with Gasteiger partial charge in [0.2, 0.25) is 0 Å². The van der Waals surface area contributed by atoms with Crippen molar-refractivity contribution in [2.45, 2.75) is 13.3 Å². The molecule has 0 heterocycles. The maximum absolute atomic E-state index is 10.6. The zero-order chi connectivity index (χ0) is 14.2. The lowest BCUT2D eigenvalue weighted by molar-refractivity contribution is -0.118. The van der Waals surface area contributed by atoms with E-state index in [1.807, 2.05) is 7.98 Å². The smallest absolute Gasteiger partial charge is 0.182 e. The number of ketones is 1. The van der Waals surface area contributed by atoms with Gasteiger partial charge in [-0.05, 0) is 6.92 Å². The molecular formula is C12H26BNO5. The number of hydrogen-bond donors (Lipinski definition) is 1. The van der Waals surface area contributed by atoms with E-state index >= 15 is 0 Å². The summed E-state index contributed by atoms with van der Waals surface area (Å²) in [5, 5.41) is 3.00. The van der Waals surface area contributed by atoms with Crippen LogP contribution >= 0.6 is 0 Å². The molecule has 7 heteroatoms. The van der Waals surface area contributed by atoms with Crippen LogP contribution in [-0.2, 0) is 23.7 Å². The molecule has 0 atom stereocenters. The molecule has 0 saturated heterocycles. The van der Waals surface area contributed by atoms with Gasteiger partial charge in [-0.2, -0.15) is 0 Å². The summed E-state index contributed by atoms with van der Waals surface area (Å²) in [6.07, 6.45) is 0.469. The van der Waals surface area contributed by atoms with Gasteiger partial charge < -0.3 is 24.2 Å². The van der Waals surface area contributed by atoms with Crippen LogP contribution in [0.25, 0.3) is 0 Å². The maximum atomic E-state index is 10.6. The molecule has 0 saturated carbocycles. The zero-order valence-corrected chi connectivity index (χ0v) is 12.1. The van der Waals surface area contributed by atoms with Crippen molar-refractivity contribution in [2.75, 3.05) is 59.4 Å². The second kappa shape index (κ2) is 15.6. The van der Waals surface area contributed by atoms with E-state index in [-0.39, 0.29) is 5.78 Å². The monoisotopic (exact) mass is 275 g/mol. The highest BCUT2D eigenvalue weighted by molar-refractivity contribution is 6.04. The summed E-state index contributed by atoms with van der Waals surface area (Å²) in [4.78, 5) is 10.6. The van der Waals surface area contributed by atoms with Crippen LogP contribution in [0.5, 0.6) is 0 Å². The number of ether oxygens (including phenoxy) is 4. The van der Waals surface area contributed by atoms with Crippen molar-refractivity contribution in [3.63, 3.8) is 0 Å². The number of Topliss-reactive ketones (excluding diaryl/α,β-unsaturated/α-hetero) is 1. The summed E-state index contributed by atoms with van der Waals surface area (Å²) >= 11 is 0. The highest BCUT2D eigenvalue weighted by atomic mass is 16.6. The average molecular weight is 275 g/mol. The van der Waals surface area contributed by atoms with Gasteiger partial charge in [-0.3, -0.25) is 4.79 Å². The zero-order valence-electron chi connectivity index (χ0n) is 12.1. The lowest BCUT2D eigenvalue weighted by Gasteiger charge is -2.07. The quantitative estimate of drug-likeness (QED) is 0.311. The predicted molar refractivity (Wildman–Crippen MR) is 75.1 cm³/mol. The van der Waals surface area contributed by atoms with Gasteiger partial charge in [-0.25, -0.2) is 0 Å². The van der Waals surface area contributed by atoms with E-state index in [4.69, 9.17) is 18.9 Å². The summed E-state index contributed by atoms with van der Waals surface area (Å²) in [5.74, 6) is 0.145. The minimum atomic E-state index is 0.145. The molecule has 0 spiro atoms. The van der Waals surface area contributed by atoms with Crippen molar-refractivity contribution in [1.82, 2.24) is 5.23 Å². The molecule has 0 amide bonds. The normalized spacial score (nSPS) is 10.8. The van der Waals surface area contributed by atoms with E-state index in [2.05, 4.69) is 5.23 Å². The Balaban J connectivity index is 2.93. The summed E-state index contributed by atoms with van der Waals surface area (Å²) in [6.45, 7) is 6.92. The molecule has 0 aliphatic heterocycles. The van der Waals surface area contributed by atoms with Gasteiger partial charge in [0.1, 0.15) is 5.78 Å². The molecule has 6 nitrogen and oxygen atoms in total. The van der Waals surface area contributed by atoms with Crippen molar-refractivity contribution in [1.29, 1.82) is 0 Å². The van der Waals surface area contributed by atoms with Gasteiger partial charge in [0, 0.05) is 13.0 Å². The highest BCUT2D eigenvalue weighted by Gasteiger charge is 1.94. The van der Waals surface area contributed by atoms with Crippen molar-refractivity contribution in [2.24, 2.45) is 0 Å². The largest absolute Gasteiger partial charge is 0.379 e. The van der Waals surface area contributed by atoms with E-state index < -0.39 is 0 Å². The molecule has 0 aromatic rings. The maximum Gasteiger partial charge on any atom is 0.182 e. The summed E-state index contributed by atoms with van der Waals surface area (Å²) < 4.78 is 21.1. The molecule has 1 N–H and O–H groups in total. The van der Waals surface area contributed by atoms with Crippen LogP contribution < -0.4 is 5.23 Å². The van der Waals surface area contributed by atoms with Gasteiger partial charge in [-0.15, -0.1) is 0 Å². The number of carbonyl (C=O) groups excluding carboxylic acids is 1. The van der Waals surface area contributed by atoms with Crippen LogP contribution in [0, 0.1) is 0 Å². The Labute approximate surface area is 116 Å². The Bertz CT molecular complexity index is 207. The van der Waals surface area contributed by atoms with Crippen molar-refractivity contribution >= 4 is 13.8 Å². The first-order chi connectivity index (χ1) is 9.27. The molecule has 0 aliphatic rings. The molecule has 112 valence electrons. The second-order valence-corrected chi connectivity index (χ2v) is 4.01. The second-order valence-electron chi connectivity index (χ2n) is 4.01. The molecule has 0 radical (unpaired) electrons. The molecule has 0 unspecified atom stereocenters. The fraction of sp³-hybridized carbons (Fsp3) is 0.917. The summed E-state index contributed by atoms with van der Waals surface area (Å²) in [5.41, 5.74) is 0. The minimum Gasteiger partial charge on any atom is -0.379 e. The number of nitrogens with one attached hydrogen (secondary N) is 1. The molecular weight excluding hydrogens is 249 g/mol. The van der Waals surface area contributed by atoms with Gasteiger partial charge in [0.25, 0.3) is 0 Å². The lowest BCUT2D eigenvalue weighted by Crippen LogP contribution is -2.18. The standard InChI is InChI=1S/C12H26BNO5/c1-12(15)2-4-16-6-8-18-10-11-19-9-7-17-5-3-14-13/h14H,2-11,13H2,1H3. The third-order valence-electron chi connectivity index (χ3n) is 2.21. The van der Waals surface area contributed by atoms with E-state index in [0.717, 1.165) is 6.54 Å². The van der Waals surface area contributed by atoms with Crippen LogP contribution in [0.1, 0.15) is 13.3 Å². The average Bonchev–Trinajstić information content (AvgIpc) is 2.39. The summed E-state index contributed by atoms with van der Waals surface area (Å²) in [7, 11) is 1.89. The van der Waals surface area contributed by atoms with Crippen molar-refractivity contribution < 1.29 is 23.7 Å². The van der Waals surface area contributed by atoms with E-state index in [0.29, 0.717) is 59.3 Å². The van der Waals surface area contributed by atoms with E-state index in [1.165, 1.54) is 0 Å². The van der Waals surface area contributed by atoms with Crippen LogP contribution in [0.2, 0.25) is 0 Å². The Kier molecular flexibility index (Phi) is 15.2. The van der Waals surface area contributed by atoms with Crippen LogP contribution in [0.4, 0.5) is 0 Å². The van der Waals surface area contributed by atoms with Crippen molar-refractivity contribution in [3.8, 4) is 0 Å². The topological polar surface area (TPSA) is 66.0 Å². The molecule has 0 aromatic heterocycles. The van der Waals surface area contributed by atoms with Gasteiger partial charge in [-0.1, -0.05) is 0 Å². The third-order valence-corrected chi connectivity index (χ3v) is 2.21. The third kappa shape index (κ3) is 17.5. The van der Waals surface area contributed by atoms with Crippen LogP contribution in [-0.4, -0.2) is 73.2 Å². The summed E-state index contributed by atoms with van der Waals surface area (Å²) in [6, 6.07) is 0. The van der Waals surface area contributed by atoms with Crippen LogP contribution in [0.3, 0.4) is 0 Å². The minimum absolute atomic E-state index is 0.145. The Morgan fingerprint density at radius 3 is 1.68 bits per heavy atom. The molecule has 0 rings (SSSR count). The first-order valence-corrected chi connectivity index (χ1v) is 6.72. The van der Waals surface area contributed by atoms with E-state index in [1.54, 1.807) is 6.92 Å². The Morgan fingerprint density at radius 2 is 1.26 bits per heavy atom. The van der Waals surface area contributed by atoms with E-state index in [9.17, 15) is 4.79 Å². The number of hydrogen-bond acceptors (Lipinski definition) is 6. The highest BCUT2D eigenvalue weighted by Crippen LogP contribution is 1.86. The molecule has 0 aliphatic carbocycles. The Hall–Kier alpha value is -0.465. The van der Waals surface area contributed by atoms with Gasteiger partial charge in [0.15, 0.2) is 7.98 Å². The number of rotatable bonds is 15.